The Labute approximate surface area is 126 Å². The number of halogens is 1. The number of hydrogen-bond acceptors (Lipinski definition) is 4. The van der Waals surface area contributed by atoms with Crippen molar-refractivity contribution in [3.05, 3.63) is 41.4 Å². The highest BCUT2D eigenvalue weighted by atomic mass is 79.9. The van der Waals surface area contributed by atoms with Crippen LogP contribution in [0.2, 0.25) is 0 Å². The molecule has 1 aromatic heterocycles. The molecule has 1 aromatic carbocycles. The van der Waals surface area contributed by atoms with Gasteiger partial charge in [-0.3, -0.25) is 0 Å². The van der Waals surface area contributed by atoms with E-state index in [0.29, 0.717) is 29.7 Å². The second kappa shape index (κ2) is 6.38. The van der Waals surface area contributed by atoms with E-state index >= 15 is 0 Å². The first-order chi connectivity index (χ1) is 9.49. The van der Waals surface area contributed by atoms with Crippen molar-refractivity contribution in [1.29, 1.82) is 0 Å². The van der Waals surface area contributed by atoms with Crippen LogP contribution in [0, 0.1) is 0 Å². The largest absolute Gasteiger partial charge is 0.399 e. The molecular weight excluding hydrogens is 344 g/mol. The molecule has 0 radical (unpaired) electrons. The molecule has 20 heavy (non-hydrogen) atoms. The maximum atomic E-state index is 12.2. The summed E-state index contributed by atoms with van der Waals surface area (Å²) in [5.74, 6) is 0. The molecule has 2 rings (SSSR count). The molecule has 0 bridgehead atoms. The average Bonchev–Trinajstić information content (AvgIpc) is 2.90. The molecule has 0 spiro atoms. The SMILES string of the molecule is Nc1ccc(Br)c(S(=O)(=O)NCCCn2ccnc2)c1. The van der Waals surface area contributed by atoms with Crippen molar-refractivity contribution >= 4 is 31.6 Å². The highest BCUT2D eigenvalue weighted by Crippen LogP contribution is 2.23. The van der Waals surface area contributed by atoms with E-state index < -0.39 is 10.0 Å². The van der Waals surface area contributed by atoms with Crippen LogP contribution in [0.4, 0.5) is 5.69 Å². The van der Waals surface area contributed by atoms with Crippen LogP contribution in [0.15, 0.2) is 46.3 Å². The molecule has 0 atom stereocenters. The number of nitrogens with zero attached hydrogens (tertiary/aromatic N) is 2. The molecule has 0 unspecified atom stereocenters. The third-order valence-electron chi connectivity index (χ3n) is 2.69. The normalized spacial score (nSPS) is 11.7. The maximum absolute atomic E-state index is 12.2. The van der Waals surface area contributed by atoms with E-state index in [2.05, 4.69) is 25.6 Å². The predicted octanol–water partition coefficient (Wildman–Crippen LogP) is 1.60. The van der Waals surface area contributed by atoms with Crippen LogP contribution >= 0.6 is 15.9 Å². The molecule has 0 saturated heterocycles. The number of benzene rings is 1. The van der Waals surface area contributed by atoms with Crippen molar-refractivity contribution < 1.29 is 8.42 Å². The van der Waals surface area contributed by atoms with E-state index in [9.17, 15) is 8.42 Å². The number of anilines is 1. The molecule has 3 N–H and O–H groups in total. The quantitative estimate of drug-likeness (QED) is 0.606. The first-order valence-electron chi connectivity index (χ1n) is 5.99. The summed E-state index contributed by atoms with van der Waals surface area (Å²) >= 11 is 3.22. The van der Waals surface area contributed by atoms with Crippen LogP contribution in [-0.2, 0) is 16.6 Å². The van der Waals surface area contributed by atoms with Crippen LogP contribution in [0.1, 0.15) is 6.42 Å². The molecule has 8 heteroatoms. The third-order valence-corrected chi connectivity index (χ3v) is 5.14. The van der Waals surface area contributed by atoms with E-state index in [4.69, 9.17) is 5.73 Å². The lowest BCUT2D eigenvalue weighted by atomic mass is 10.3. The Hall–Kier alpha value is -1.38. The molecular formula is C12H15BrN4O2S. The van der Waals surface area contributed by atoms with Crippen molar-refractivity contribution in [1.82, 2.24) is 14.3 Å². The fraction of sp³-hybridized carbons (Fsp3) is 0.250. The van der Waals surface area contributed by atoms with Crippen LogP contribution < -0.4 is 10.5 Å². The number of rotatable bonds is 6. The van der Waals surface area contributed by atoms with Gasteiger partial charge in [0.15, 0.2) is 0 Å². The Morgan fingerprint density at radius 3 is 2.90 bits per heavy atom. The first kappa shape index (κ1) is 15.0. The van der Waals surface area contributed by atoms with Gasteiger partial charge in [0, 0.05) is 35.6 Å². The van der Waals surface area contributed by atoms with Crippen molar-refractivity contribution in [2.24, 2.45) is 0 Å². The summed E-state index contributed by atoms with van der Waals surface area (Å²) in [4.78, 5) is 4.08. The zero-order chi connectivity index (χ0) is 14.6. The molecule has 1 heterocycles. The molecule has 0 saturated carbocycles. The summed E-state index contributed by atoms with van der Waals surface area (Å²) in [6, 6.07) is 4.69. The highest BCUT2D eigenvalue weighted by molar-refractivity contribution is 9.10. The van der Waals surface area contributed by atoms with Gasteiger partial charge >= 0.3 is 0 Å². The second-order valence-corrected chi connectivity index (χ2v) is 6.83. The lowest BCUT2D eigenvalue weighted by molar-refractivity contribution is 0.569. The Kier molecular flexibility index (Phi) is 4.79. The summed E-state index contributed by atoms with van der Waals surface area (Å²) in [6.45, 7) is 1.06. The average molecular weight is 359 g/mol. The fourth-order valence-corrected chi connectivity index (χ4v) is 3.76. The van der Waals surface area contributed by atoms with E-state index in [1.54, 1.807) is 24.7 Å². The van der Waals surface area contributed by atoms with Gasteiger partial charge in [-0.25, -0.2) is 18.1 Å². The number of aromatic nitrogens is 2. The zero-order valence-corrected chi connectivity index (χ0v) is 13.1. The Morgan fingerprint density at radius 1 is 1.40 bits per heavy atom. The maximum Gasteiger partial charge on any atom is 0.241 e. The van der Waals surface area contributed by atoms with Gasteiger partial charge in [-0.2, -0.15) is 0 Å². The van der Waals surface area contributed by atoms with Gasteiger partial charge in [0.1, 0.15) is 0 Å². The van der Waals surface area contributed by atoms with E-state index in [1.165, 1.54) is 6.07 Å². The molecule has 108 valence electrons. The smallest absolute Gasteiger partial charge is 0.241 e. The Balaban J connectivity index is 1.95. The van der Waals surface area contributed by atoms with E-state index in [-0.39, 0.29) is 4.90 Å². The topological polar surface area (TPSA) is 90.0 Å². The molecule has 0 aliphatic carbocycles. The van der Waals surface area contributed by atoms with Gasteiger partial charge in [0.05, 0.1) is 11.2 Å². The number of nitrogen functional groups attached to an aromatic ring is 1. The van der Waals surface area contributed by atoms with Gasteiger partial charge in [-0.15, -0.1) is 0 Å². The lowest BCUT2D eigenvalue weighted by Crippen LogP contribution is -2.26. The number of imidazole rings is 1. The predicted molar refractivity (Wildman–Crippen MR) is 80.6 cm³/mol. The zero-order valence-electron chi connectivity index (χ0n) is 10.7. The molecule has 0 fully saturated rings. The molecule has 2 aromatic rings. The first-order valence-corrected chi connectivity index (χ1v) is 8.27. The van der Waals surface area contributed by atoms with Crippen molar-refractivity contribution in [2.45, 2.75) is 17.9 Å². The number of sulfonamides is 1. The van der Waals surface area contributed by atoms with E-state index in [0.717, 1.165) is 0 Å². The number of nitrogens with one attached hydrogen (secondary N) is 1. The van der Waals surface area contributed by atoms with Crippen LogP contribution in [0.3, 0.4) is 0 Å². The third kappa shape index (κ3) is 3.81. The van der Waals surface area contributed by atoms with E-state index in [1.807, 2.05) is 10.8 Å². The Morgan fingerprint density at radius 2 is 2.20 bits per heavy atom. The highest BCUT2D eigenvalue weighted by Gasteiger charge is 2.17. The van der Waals surface area contributed by atoms with Gasteiger partial charge in [0.2, 0.25) is 10.0 Å². The number of nitrogens with two attached hydrogens (primary N) is 1. The van der Waals surface area contributed by atoms with Gasteiger partial charge in [0.25, 0.3) is 0 Å². The molecule has 6 nitrogen and oxygen atoms in total. The molecule has 0 aliphatic heterocycles. The summed E-state index contributed by atoms with van der Waals surface area (Å²) in [6.07, 6.45) is 5.90. The minimum absolute atomic E-state index is 0.153. The van der Waals surface area contributed by atoms with Crippen LogP contribution in [-0.4, -0.2) is 24.5 Å². The summed E-state index contributed by atoms with van der Waals surface area (Å²) in [7, 11) is -3.56. The summed E-state index contributed by atoms with van der Waals surface area (Å²) in [5, 5.41) is 0. The number of aryl methyl sites for hydroxylation is 1. The lowest BCUT2D eigenvalue weighted by Gasteiger charge is -2.09. The van der Waals surface area contributed by atoms with Gasteiger partial charge in [-0.05, 0) is 40.5 Å². The van der Waals surface area contributed by atoms with Gasteiger partial charge in [-0.1, -0.05) is 0 Å². The van der Waals surface area contributed by atoms with Crippen LogP contribution in [0.25, 0.3) is 0 Å². The van der Waals surface area contributed by atoms with Crippen molar-refractivity contribution in [3.63, 3.8) is 0 Å². The fourth-order valence-electron chi connectivity index (χ4n) is 1.69. The monoisotopic (exact) mass is 358 g/mol. The van der Waals surface area contributed by atoms with Crippen molar-refractivity contribution in [2.75, 3.05) is 12.3 Å². The van der Waals surface area contributed by atoms with Crippen molar-refractivity contribution in [3.8, 4) is 0 Å². The van der Waals surface area contributed by atoms with Crippen LogP contribution in [0.5, 0.6) is 0 Å². The number of hydrogen-bond donors (Lipinski definition) is 2. The minimum atomic E-state index is -3.56. The molecule has 0 aliphatic rings. The summed E-state index contributed by atoms with van der Waals surface area (Å²) < 4.78 is 29.2. The molecule has 0 amide bonds. The minimum Gasteiger partial charge on any atom is -0.399 e. The van der Waals surface area contributed by atoms with Gasteiger partial charge < -0.3 is 10.3 Å². The second-order valence-electron chi connectivity index (χ2n) is 4.24. The summed E-state index contributed by atoms with van der Waals surface area (Å²) in [5.41, 5.74) is 6.03. The standard InChI is InChI=1S/C12H15BrN4O2S/c13-11-3-2-10(14)8-12(11)20(18,19)16-4-1-6-17-7-5-15-9-17/h2-3,5,7-9,16H,1,4,6,14H2. The Bertz CT molecular complexity index is 671.